The zero-order valence-electron chi connectivity index (χ0n) is 16.1. The average Bonchev–Trinajstić information content (AvgIpc) is 3.28. The molecule has 0 bridgehead atoms. The number of allylic oxidation sites excluding steroid dienone is 2. The third kappa shape index (κ3) is 5.63. The van der Waals surface area contributed by atoms with Gasteiger partial charge in [0.1, 0.15) is 0 Å². The molecular weight excluding hydrogens is 366 g/mol. The van der Waals surface area contributed by atoms with Crippen LogP contribution in [0.15, 0.2) is 85.5 Å². The first-order valence-electron chi connectivity index (χ1n) is 9.54. The number of nitrogens with zero attached hydrogens (tertiary/aromatic N) is 2. The van der Waals surface area contributed by atoms with Crippen LogP contribution in [0.25, 0.3) is 5.57 Å². The third-order valence-electron chi connectivity index (χ3n) is 4.86. The van der Waals surface area contributed by atoms with Crippen molar-refractivity contribution in [2.45, 2.75) is 31.4 Å². The number of rotatable bonds is 10. The van der Waals surface area contributed by atoms with Gasteiger partial charge in [0.25, 0.3) is 0 Å². The van der Waals surface area contributed by atoms with E-state index < -0.39 is 12.1 Å². The van der Waals surface area contributed by atoms with Crippen LogP contribution in [-0.2, 0) is 16.1 Å². The van der Waals surface area contributed by atoms with Crippen molar-refractivity contribution in [3.05, 3.63) is 96.6 Å². The molecule has 3 N–H and O–H groups in total. The maximum absolute atomic E-state index is 11.2. The van der Waals surface area contributed by atoms with E-state index in [0.29, 0.717) is 12.8 Å². The van der Waals surface area contributed by atoms with Crippen LogP contribution >= 0.6 is 0 Å². The number of hydrogen-bond acceptors (Lipinski definition) is 4. The van der Waals surface area contributed by atoms with Crippen molar-refractivity contribution in [3.63, 3.8) is 0 Å². The van der Waals surface area contributed by atoms with Gasteiger partial charge in [-0.25, -0.2) is 15.7 Å². The maximum Gasteiger partial charge on any atom is 0.334 e. The second-order valence-corrected chi connectivity index (χ2v) is 6.78. The Morgan fingerprint density at radius 3 is 2.41 bits per heavy atom. The van der Waals surface area contributed by atoms with Crippen LogP contribution in [0.2, 0.25) is 0 Å². The van der Waals surface area contributed by atoms with Crippen molar-refractivity contribution >= 4 is 11.5 Å². The lowest BCUT2D eigenvalue weighted by Gasteiger charge is -2.23. The smallest absolute Gasteiger partial charge is 0.334 e. The average molecular weight is 391 g/mol. The van der Waals surface area contributed by atoms with Gasteiger partial charge in [-0.15, -0.1) is 0 Å². The Kier molecular flexibility index (Phi) is 7.33. The quantitative estimate of drug-likeness (QED) is 0.512. The summed E-state index contributed by atoms with van der Waals surface area (Å²) in [4.78, 5) is 20.0. The highest BCUT2D eigenvalue weighted by molar-refractivity contribution is 5.72. The van der Waals surface area contributed by atoms with E-state index in [1.165, 1.54) is 5.56 Å². The molecule has 0 saturated carbocycles. The van der Waals surface area contributed by atoms with Crippen LogP contribution < -0.4 is 5.90 Å². The Bertz CT molecular complexity index is 909. The predicted molar refractivity (Wildman–Crippen MR) is 112 cm³/mol. The van der Waals surface area contributed by atoms with Crippen LogP contribution in [-0.4, -0.2) is 26.7 Å². The molecule has 0 amide bonds. The molecule has 1 aromatic heterocycles. The third-order valence-corrected chi connectivity index (χ3v) is 4.86. The first-order chi connectivity index (χ1) is 14.2. The van der Waals surface area contributed by atoms with Crippen molar-refractivity contribution in [3.8, 4) is 0 Å². The van der Waals surface area contributed by atoms with Gasteiger partial charge in [0, 0.05) is 12.4 Å². The molecular formula is C23H25N3O3. The van der Waals surface area contributed by atoms with Gasteiger partial charge in [0.15, 0.2) is 6.10 Å². The minimum Gasteiger partial charge on any atom is -0.479 e. The summed E-state index contributed by atoms with van der Waals surface area (Å²) in [7, 11) is 0. The molecule has 29 heavy (non-hydrogen) atoms. The van der Waals surface area contributed by atoms with Crippen LogP contribution in [0.1, 0.15) is 30.0 Å². The fourth-order valence-electron chi connectivity index (χ4n) is 3.38. The molecule has 0 spiro atoms. The second-order valence-electron chi connectivity index (χ2n) is 6.78. The van der Waals surface area contributed by atoms with E-state index in [1.54, 1.807) is 6.20 Å². The van der Waals surface area contributed by atoms with Gasteiger partial charge in [-0.1, -0.05) is 66.7 Å². The van der Waals surface area contributed by atoms with Gasteiger partial charge in [0.05, 0.1) is 12.4 Å². The van der Waals surface area contributed by atoms with Crippen molar-refractivity contribution in [2.24, 2.45) is 5.90 Å². The number of carboxylic acids is 1. The number of imidazole rings is 1. The summed E-state index contributed by atoms with van der Waals surface area (Å²) in [6.45, 7) is 0. The molecule has 0 radical (unpaired) electrons. The zero-order valence-corrected chi connectivity index (χ0v) is 16.1. The van der Waals surface area contributed by atoms with Gasteiger partial charge in [-0.05, 0) is 36.0 Å². The Hall–Kier alpha value is -3.22. The van der Waals surface area contributed by atoms with E-state index in [1.807, 2.05) is 48.9 Å². The van der Waals surface area contributed by atoms with Crippen molar-refractivity contribution in [1.29, 1.82) is 0 Å². The lowest BCUT2D eigenvalue weighted by atomic mass is 9.91. The van der Waals surface area contributed by atoms with Gasteiger partial charge in [0.2, 0.25) is 0 Å². The normalized spacial score (nSPS) is 13.8. The van der Waals surface area contributed by atoms with Crippen LogP contribution in [0, 0.1) is 0 Å². The van der Waals surface area contributed by atoms with E-state index in [-0.39, 0.29) is 6.04 Å². The highest BCUT2D eigenvalue weighted by atomic mass is 16.6. The minimum atomic E-state index is -1.06. The van der Waals surface area contributed by atoms with Crippen LogP contribution in [0.4, 0.5) is 0 Å². The molecule has 3 aromatic rings. The second kappa shape index (κ2) is 10.4. The van der Waals surface area contributed by atoms with E-state index in [4.69, 9.17) is 5.90 Å². The molecule has 0 aliphatic rings. The van der Waals surface area contributed by atoms with E-state index in [9.17, 15) is 9.90 Å². The van der Waals surface area contributed by atoms with Crippen molar-refractivity contribution in [1.82, 2.24) is 9.55 Å². The monoisotopic (exact) mass is 391 g/mol. The number of hydrogen-bond donors (Lipinski definition) is 2. The summed E-state index contributed by atoms with van der Waals surface area (Å²) in [5.41, 5.74) is 3.40. The number of carboxylic acid groups (broad SMARTS) is 1. The fourth-order valence-corrected chi connectivity index (χ4v) is 3.38. The van der Waals surface area contributed by atoms with Crippen LogP contribution in [0.3, 0.4) is 0 Å². The molecule has 6 heteroatoms. The lowest BCUT2D eigenvalue weighted by molar-refractivity contribution is -0.151. The van der Waals surface area contributed by atoms with Crippen LogP contribution in [0.5, 0.6) is 0 Å². The molecule has 0 saturated heterocycles. The molecule has 0 fully saturated rings. The molecule has 3 rings (SSSR count). The minimum absolute atomic E-state index is 0.0179. The highest BCUT2D eigenvalue weighted by Crippen LogP contribution is 2.31. The number of benzene rings is 2. The summed E-state index contributed by atoms with van der Waals surface area (Å²) < 4.78 is 2.08. The molecule has 2 unspecified atom stereocenters. The summed E-state index contributed by atoms with van der Waals surface area (Å²) in [6.07, 6.45) is 8.20. The molecule has 1 heterocycles. The van der Waals surface area contributed by atoms with Gasteiger partial charge >= 0.3 is 5.97 Å². The van der Waals surface area contributed by atoms with Gasteiger partial charge in [-0.3, -0.25) is 4.84 Å². The topological polar surface area (TPSA) is 90.4 Å². The Labute approximate surface area is 170 Å². The largest absolute Gasteiger partial charge is 0.479 e. The van der Waals surface area contributed by atoms with Crippen molar-refractivity contribution in [2.75, 3.05) is 0 Å². The first-order valence-corrected chi connectivity index (χ1v) is 9.54. The summed E-state index contributed by atoms with van der Waals surface area (Å²) >= 11 is 0. The Balaban J connectivity index is 1.94. The van der Waals surface area contributed by atoms with E-state index in [0.717, 1.165) is 17.6 Å². The lowest BCUT2D eigenvalue weighted by Crippen LogP contribution is -2.26. The SMILES string of the molecule is NOC(CC/C=C(\c1ccccc1)C(Cc1ccccc1)n1ccnc1)C(=O)O. The molecule has 6 nitrogen and oxygen atoms in total. The molecule has 0 aliphatic heterocycles. The molecule has 0 aliphatic carbocycles. The zero-order chi connectivity index (χ0) is 20.5. The Morgan fingerprint density at radius 1 is 1.14 bits per heavy atom. The number of aliphatic carboxylic acids is 1. The summed E-state index contributed by atoms with van der Waals surface area (Å²) in [5.74, 6) is 4.07. The molecule has 2 aromatic carbocycles. The number of aromatic nitrogens is 2. The first kappa shape index (κ1) is 20.5. The van der Waals surface area contributed by atoms with E-state index >= 15 is 0 Å². The molecule has 2 atom stereocenters. The fraction of sp³-hybridized carbons (Fsp3) is 0.217. The summed E-state index contributed by atoms with van der Waals surface area (Å²) in [5, 5.41) is 9.17. The maximum atomic E-state index is 11.2. The highest BCUT2D eigenvalue weighted by Gasteiger charge is 2.20. The predicted octanol–water partition coefficient (Wildman–Crippen LogP) is 3.87. The van der Waals surface area contributed by atoms with Crippen molar-refractivity contribution < 1.29 is 14.7 Å². The van der Waals surface area contributed by atoms with Gasteiger partial charge < -0.3 is 9.67 Å². The van der Waals surface area contributed by atoms with Gasteiger partial charge in [-0.2, -0.15) is 0 Å². The summed E-state index contributed by atoms with van der Waals surface area (Å²) in [6, 6.07) is 20.4. The Morgan fingerprint density at radius 2 is 1.83 bits per heavy atom. The number of carbonyl (C=O) groups is 1. The standard InChI is InChI=1S/C23H25N3O3/c24-29-22(23(27)28)13-7-12-20(19-10-5-2-6-11-19)21(26-15-14-25-17-26)16-18-8-3-1-4-9-18/h1-6,8-12,14-15,17,21-22H,7,13,16,24H2,(H,27,28)/b20-12+. The number of nitrogens with two attached hydrogens (primary N) is 1. The van der Waals surface area contributed by atoms with E-state index in [2.05, 4.69) is 44.7 Å². The molecule has 150 valence electrons.